The Bertz CT molecular complexity index is 975. The molecule has 0 unspecified atom stereocenters. The predicted molar refractivity (Wildman–Crippen MR) is 110 cm³/mol. The van der Waals surface area contributed by atoms with Crippen molar-refractivity contribution in [1.29, 1.82) is 0 Å². The van der Waals surface area contributed by atoms with Gasteiger partial charge >= 0.3 is 5.97 Å². The van der Waals surface area contributed by atoms with Crippen molar-refractivity contribution in [3.63, 3.8) is 0 Å². The molecule has 0 heterocycles. The summed E-state index contributed by atoms with van der Waals surface area (Å²) in [6.07, 6.45) is 1.44. The number of sulfonamides is 1. The number of carbonyl (C=O) groups excluding carboxylic acids is 1. The predicted octanol–water partition coefficient (Wildman–Crippen LogP) is 4.56. The van der Waals surface area contributed by atoms with Crippen LogP contribution in [-0.2, 0) is 14.8 Å². The minimum absolute atomic E-state index is 0.00135. The molecule has 0 amide bonds. The Balaban J connectivity index is 2.49. The average Bonchev–Trinajstić information content (AvgIpc) is 2.68. The lowest BCUT2D eigenvalue weighted by Gasteiger charge is -2.24. The normalized spacial score (nSPS) is 11.0. The summed E-state index contributed by atoms with van der Waals surface area (Å²) in [7, 11) is -2.66. The van der Waals surface area contributed by atoms with Crippen molar-refractivity contribution in [3.8, 4) is 5.75 Å². The summed E-state index contributed by atoms with van der Waals surface area (Å²) in [6.45, 7) is 5.55. The van der Waals surface area contributed by atoms with Crippen LogP contribution in [-0.4, -0.2) is 34.6 Å². The van der Waals surface area contributed by atoms with Crippen LogP contribution < -0.4 is 9.04 Å². The summed E-state index contributed by atoms with van der Waals surface area (Å²) in [5.74, 6) is -0.225. The SMILES string of the molecule is C=CCN(c1ccc(C(=O)OCC)cc1)S(=O)(=O)c1ccc(OC)c(Cl)c1Cl. The molecule has 0 saturated carbocycles. The van der Waals surface area contributed by atoms with Gasteiger partial charge in [0.15, 0.2) is 0 Å². The van der Waals surface area contributed by atoms with Gasteiger partial charge in [-0.1, -0.05) is 29.3 Å². The number of hydrogen-bond donors (Lipinski definition) is 0. The van der Waals surface area contributed by atoms with Crippen LogP contribution in [0.5, 0.6) is 5.75 Å². The second-order valence-corrected chi connectivity index (χ2v) is 8.07. The van der Waals surface area contributed by atoms with Gasteiger partial charge in [-0.2, -0.15) is 0 Å². The van der Waals surface area contributed by atoms with Gasteiger partial charge in [0.1, 0.15) is 15.7 Å². The van der Waals surface area contributed by atoms with Crippen LogP contribution >= 0.6 is 23.2 Å². The number of hydrogen-bond acceptors (Lipinski definition) is 5. The van der Waals surface area contributed by atoms with Crippen molar-refractivity contribution in [3.05, 3.63) is 64.7 Å². The molecule has 2 aromatic carbocycles. The van der Waals surface area contributed by atoms with Crippen molar-refractivity contribution < 1.29 is 22.7 Å². The standard InChI is InChI=1S/C19H19Cl2NO5S/c1-4-12-22(14-8-6-13(7-9-14)19(23)27-5-2)28(24,25)16-11-10-15(26-3)17(20)18(16)21/h4,6-11H,1,5,12H2,2-3H3. The van der Waals surface area contributed by atoms with Gasteiger partial charge in [0, 0.05) is 0 Å². The molecule has 0 fully saturated rings. The topological polar surface area (TPSA) is 72.9 Å². The Morgan fingerprint density at radius 2 is 1.79 bits per heavy atom. The van der Waals surface area contributed by atoms with Crippen molar-refractivity contribution in [2.45, 2.75) is 11.8 Å². The molecule has 2 rings (SSSR count). The number of halogens is 2. The Labute approximate surface area is 174 Å². The summed E-state index contributed by atoms with van der Waals surface area (Å²) in [5.41, 5.74) is 0.642. The first-order valence-electron chi connectivity index (χ1n) is 8.20. The zero-order valence-electron chi connectivity index (χ0n) is 15.3. The Kier molecular flexibility index (Phi) is 7.35. The molecule has 0 aromatic heterocycles. The summed E-state index contributed by atoms with van der Waals surface area (Å²) in [4.78, 5) is 11.6. The van der Waals surface area contributed by atoms with Crippen LogP contribution in [0.2, 0.25) is 10.0 Å². The smallest absolute Gasteiger partial charge is 0.338 e. The third-order valence-electron chi connectivity index (χ3n) is 3.76. The molecule has 2 aromatic rings. The maximum atomic E-state index is 13.2. The highest BCUT2D eigenvalue weighted by molar-refractivity contribution is 7.93. The van der Waals surface area contributed by atoms with Crippen LogP contribution in [0.15, 0.2) is 53.9 Å². The number of rotatable bonds is 8. The number of ether oxygens (including phenoxy) is 2. The highest BCUT2D eigenvalue weighted by Gasteiger charge is 2.28. The van der Waals surface area contributed by atoms with Crippen molar-refractivity contribution in [2.75, 3.05) is 24.6 Å². The van der Waals surface area contributed by atoms with E-state index in [1.165, 1.54) is 49.6 Å². The quantitative estimate of drug-likeness (QED) is 0.441. The molecule has 0 aliphatic carbocycles. The van der Waals surface area contributed by atoms with E-state index in [0.29, 0.717) is 11.3 Å². The first-order chi connectivity index (χ1) is 13.3. The first-order valence-corrected chi connectivity index (χ1v) is 10.4. The van der Waals surface area contributed by atoms with Crippen molar-refractivity contribution in [1.82, 2.24) is 0 Å². The molecule has 0 N–H and O–H groups in total. The lowest BCUT2D eigenvalue weighted by Crippen LogP contribution is -2.31. The molecule has 150 valence electrons. The molecule has 9 heteroatoms. The second-order valence-electron chi connectivity index (χ2n) is 5.49. The molecule has 0 atom stereocenters. The van der Waals surface area contributed by atoms with Gasteiger partial charge in [0.25, 0.3) is 10.0 Å². The van der Waals surface area contributed by atoms with Crippen LogP contribution in [0.4, 0.5) is 5.69 Å². The molecule has 0 saturated heterocycles. The number of carbonyl (C=O) groups is 1. The molecule has 28 heavy (non-hydrogen) atoms. The van der Waals surface area contributed by atoms with Gasteiger partial charge in [0.05, 0.1) is 36.5 Å². The molecule has 0 radical (unpaired) electrons. The summed E-state index contributed by atoms with van der Waals surface area (Å²) >= 11 is 12.3. The lowest BCUT2D eigenvalue weighted by atomic mass is 10.2. The van der Waals surface area contributed by atoms with Gasteiger partial charge in [-0.25, -0.2) is 13.2 Å². The van der Waals surface area contributed by atoms with E-state index < -0.39 is 16.0 Å². The van der Waals surface area contributed by atoms with Crippen LogP contribution in [0.25, 0.3) is 0 Å². The molecule has 6 nitrogen and oxygen atoms in total. The first kappa shape index (κ1) is 22.1. The minimum atomic E-state index is -4.06. The highest BCUT2D eigenvalue weighted by Crippen LogP contribution is 2.38. The fourth-order valence-electron chi connectivity index (χ4n) is 2.43. The van der Waals surface area contributed by atoms with E-state index in [-0.39, 0.29) is 33.8 Å². The van der Waals surface area contributed by atoms with Crippen molar-refractivity contribution in [2.24, 2.45) is 0 Å². The van der Waals surface area contributed by atoms with E-state index in [9.17, 15) is 13.2 Å². The number of methoxy groups -OCH3 is 1. The fourth-order valence-corrected chi connectivity index (χ4v) is 4.68. The van der Waals surface area contributed by atoms with E-state index in [1.807, 2.05) is 0 Å². The number of nitrogens with zero attached hydrogens (tertiary/aromatic N) is 1. The zero-order chi connectivity index (χ0) is 20.9. The molecule has 0 spiro atoms. The maximum Gasteiger partial charge on any atom is 0.338 e. The van der Waals surface area contributed by atoms with E-state index in [4.69, 9.17) is 32.7 Å². The van der Waals surface area contributed by atoms with Crippen molar-refractivity contribution >= 4 is 44.9 Å². The average molecular weight is 444 g/mol. The molecular formula is C19H19Cl2NO5S. The monoisotopic (exact) mass is 443 g/mol. The third-order valence-corrected chi connectivity index (χ3v) is 6.57. The summed E-state index contributed by atoms with van der Waals surface area (Å²) < 4.78 is 37.5. The second kappa shape index (κ2) is 9.32. The Morgan fingerprint density at radius 3 is 2.32 bits per heavy atom. The molecular weight excluding hydrogens is 425 g/mol. The number of anilines is 1. The van der Waals surface area contributed by atoms with E-state index >= 15 is 0 Å². The summed E-state index contributed by atoms with van der Waals surface area (Å²) in [6, 6.07) is 8.74. The molecule has 0 aliphatic rings. The van der Waals surface area contributed by atoms with E-state index in [2.05, 4.69) is 6.58 Å². The molecule has 0 aliphatic heterocycles. The zero-order valence-corrected chi connectivity index (χ0v) is 17.6. The number of benzene rings is 2. The number of esters is 1. The minimum Gasteiger partial charge on any atom is -0.495 e. The van der Waals surface area contributed by atoms with E-state index in [0.717, 1.165) is 4.31 Å². The van der Waals surface area contributed by atoms with Gasteiger partial charge in [-0.15, -0.1) is 6.58 Å². The van der Waals surface area contributed by atoms with Gasteiger partial charge in [-0.05, 0) is 43.3 Å². The van der Waals surface area contributed by atoms with Gasteiger partial charge < -0.3 is 9.47 Å². The van der Waals surface area contributed by atoms with Gasteiger partial charge in [-0.3, -0.25) is 4.31 Å². The third kappa shape index (κ3) is 4.43. The van der Waals surface area contributed by atoms with Gasteiger partial charge in [0.2, 0.25) is 0 Å². The van der Waals surface area contributed by atoms with E-state index in [1.54, 1.807) is 6.92 Å². The fraction of sp³-hybridized carbons (Fsp3) is 0.211. The Hall–Kier alpha value is -2.22. The lowest BCUT2D eigenvalue weighted by molar-refractivity contribution is 0.0526. The highest BCUT2D eigenvalue weighted by atomic mass is 35.5. The van der Waals surface area contributed by atoms with Crippen LogP contribution in [0.1, 0.15) is 17.3 Å². The summed E-state index contributed by atoms with van der Waals surface area (Å²) in [5, 5.41) is -0.139. The van der Waals surface area contributed by atoms with Crippen LogP contribution in [0.3, 0.4) is 0 Å². The molecule has 0 bridgehead atoms. The maximum absolute atomic E-state index is 13.2. The van der Waals surface area contributed by atoms with Crippen LogP contribution in [0, 0.1) is 0 Å². The largest absolute Gasteiger partial charge is 0.495 e. The Morgan fingerprint density at radius 1 is 1.14 bits per heavy atom.